The molecule has 2 aromatic carbocycles. The molecule has 0 fully saturated rings. The number of furan rings is 1. The molecule has 0 aliphatic rings. The summed E-state index contributed by atoms with van der Waals surface area (Å²) < 4.78 is 25.9. The molecule has 0 saturated heterocycles. The number of nitrogens with zero attached hydrogens (tertiary/aromatic N) is 2. The number of benzene rings is 2. The van der Waals surface area contributed by atoms with Gasteiger partial charge in [-0.2, -0.15) is 5.10 Å². The zero-order valence-electron chi connectivity index (χ0n) is 16.6. The highest BCUT2D eigenvalue weighted by atomic mass is 35.5. The molecule has 2 aromatic heterocycles. The third-order valence-corrected chi connectivity index (χ3v) is 4.93. The molecule has 8 heteroatoms. The Morgan fingerprint density at radius 1 is 1.23 bits per heavy atom. The Morgan fingerprint density at radius 3 is 2.87 bits per heavy atom. The van der Waals surface area contributed by atoms with Crippen LogP contribution in [0.4, 0.5) is 10.1 Å². The summed E-state index contributed by atoms with van der Waals surface area (Å²) in [5, 5.41) is 7.22. The summed E-state index contributed by atoms with van der Waals surface area (Å²) in [5.74, 6) is 0.0424. The van der Waals surface area contributed by atoms with Crippen LogP contribution in [0.25, 0.3) is 0 Å². The van der Waals surface area contributed by atoms with E-state index in [9.17, 15) is 9.18 Å². The van der Waals surface area contributed by atoms with Gasteiger partial charge in [0.25, 0.3) is 5.91 Å². The van der Waals surface area contributed by atoms with Crippen molar-refractivity contribution in [2.45, 2.75) is 20.1 Å². The van der Waals surface area contributed by atoms with E-state index in [0.29, 0.717) is 23.7 Å². The predicted molar refractivity (Wildman–Crippen MR) is 115 cm³/mol. The van der Waals surface area contributed by atoms with Crippen LogP contribution in [0, 0.1) is 12.7 Å². The van der Waals surface area contributed by atoms with Gasteiger partial charge in [-0.1, -0.05) is 35.9 Å². The molecule has 4 aromatic rings. The van der Waals surface area contributed by atoms with Gasteiger partial charge in [-0.3, -0.25) is 9.48 Å². The van der Waals surface area contributed by atoms with Crippen molar-refractivity contribution in [3.05, 3.63) is 100 Å². The summed E-state index contributed by atoms with van der Waals surface area (Å²) in [6.07, 6.45) is 3.34. The van der Waals surface area contributed by atoms with Crippen LogP contribution < -0.4 is 10.1 Å². The topological polar surface area (TPSA) is 69.3 Å². The smallest absolute Gasteiger partial charge is 0.291 e. The normalized spacial score (nSPS) is 10.8. The van der Waals surface area contributed by atoms with Gasteiger partial charge in [0, 0.05) is 6.20 Å². The van der Waals surface area contributed by atoms with Crippen LogP contribution in [0.5, 0.6) is 5.75 Å². The highest BCUT2D eigenvalue weighted by Crippen LogP contribution is 2.26. The Hall–Kier alpha value is -3.58. The Bertz CT molecular complexity index is 1220. The zero-order chi connectivity index (χ0) is 21.8. The number of hydrogen-bond donors (Lipinski definition) is 1. The van der Waals surface area contributed by atoms with Crippen LogP contribution in [0.1, 0.15) is 27.4 Å². The summed E-state index contributed by atoms with van der Waals surface area (Å²) in [6, 6.07) is 15.1. The molecule has 0 atom stereocenters. The Kier molecular flexibility index (Phi) is 6.04. The second kappa shape index (κ2) is 9.06. The van der Waals surface area contributed by atoms with Gasteiger partial charge in [-0.15, -0.1) is 0 Å². The number of halogens is 2. The SMILES string of the molecule is Cc1ccccc1Cn1cc(NC(=O)c2ccc(COc3ccc(F)cc3Cl)o2)cn1. The first-order valence-electron chi connectivity index (χ1n) is 9.53. The highest BCUT2D eigenvalue weighted by molar-refractivity contribution is 6.32. The summed E-state index contributed by atoms with van der Waals surface area (Å²) in [4.78, 5) is 12.5. The molecule has 4 rings (SSSR count). The molecule has 0 saturated carbocycles. The molecule has 31 heavy (non-hydrogen) atoms. The van der Waals surface area contributed by atoms with E-state index < -0.39 is 11.7 Å². The van der Waals surface area contributed by atoms with E-state index in [-0.39, 0.29) is 17.4 Å². The Morgan fingerprint density at radius 2 is 2.06 bits per heavy atom. The van der Waals surface area contributed by atoms with Crippen LogP contribution >= 0.6 is 11.6 Å². The van der Waals surface area contributed by atoms with Crippen molar-refractivity contribution >= 4 is 23.2 Å². The molecule has 6 nitrogen and oxygen atoms in total. The molecule has 0 unspecified atom stereocenters. The van der Waals surface area contributed by atoms with E-state index in [1.807, 2.05) is 31.2 Å². The highest BCUT2D eigenvalue weighted by Gasteiger charge is 2.14. The fraction of sp³-hybridized carbons (Fsp3) is 0.130. The molecule has 0 aliphatic carbocycles. The first kappa shape index (κ1) is 20.7. The molecule has 1 amide bonds. The van der Waals surface area contributed by atoms with E-state index in [1.54, 1.807) is 29.2 Å². The maximum atomic E-state index is 13.1. The monoisotopic (exact) mass is 439 g/mol. The van der Waals surface area contributed by atoms with E-state index in [1.165, 1.54) is 17.7 Å². The summed E-state index contributed by atoms with van der Waals surface area (Å²) >= 11 is 5.94. The van der Waals surface area contributed by atoms with Crippen LogP contribution in [-0.4, -0.2) is 15.7 Å². The number of carbonyl (C=O) groups excluding carboxylic acids is 1. The number of amides is 1. The van der Waals surface area contributed by atoms with Gasteiger partial charge in [-0.05, 0) is 48.4 Å². The van der Waals surface area contributed by atoms with Gasteiger partial charge in [0.05, 0.1) is 23.5 Å². The molecular weight excluding hydrogens is 421 g/mol. The van der Waals surface area contributed by atoms with Crippen LogP contribution in [0.2, 0.25) is 5.02 Å². The molecule has 0 spiro atoms. The number of carbonyl (C=O) groups is 1. The van der Waals surface area contributed by atoms with Crippen molar-refractivity contribution in [3.63, 3.8) is 0 Å². The summed E-state index contributed by atoms with van der Waals surface area (Å²) in [6.45, 7) is 2.70. The fourth-order valence-corrected chi connectivity index (χ4v) is 3.21. The standard InChI is InChI=1S/C23H19ClFN3O3/c1-15-4-2-3-5-16(15)12-28-13-18(11-26-28)27-23(29)22-9-7-19(31-22)14-30-21-8-6-17(25)10-20(21)24/h2-11,13H,12,14H2,1H3,(H,27,29). The predicted octanol–water partition coefficient (Wildman–Crippen LogP) is 5.46. The van der Waals surface area contributed by atoms with E-state index in [2.05, 4.69) is 10.4 Å². The average molecular weight is 440 g/mol. The first-order chi connectivity index (χ1) is 15.0. The third kappa shape index (κ3) is 5.13. The van der Waals surface area contributed by atoms with Crippen LogP contribution in [0.3, 0.4) is 0 Å². The maximum absolute atomic E-state index is 13.1. The summed E-state index contributed by atoms with van der Waals surface area (Å²) in [5.41, 5.74) is 2.89. The maximum Gasteiger partial charge on any atom is 0.291 e. The minimum atomic E-state index is -0.448. The number of rotatable bonds is 7. The van der Waals surface area contributed by atoms with Crippen molar-refractivity contribution in [2.24, 2.45) is 0 Å². The largest absolute Gasteiger partial charge is 0.484 e. The van der Waals surface area contributed by atoms with E-state index >= 15 is 0 Å². The van der Waals surface area contributed by atoms with Crippen LogP contribution in [-0.2, 0) is 13.2 Å². The molecular formula is C23H19ClFN3O3. The van der Waals surface area contributed by atoms with Crippen LogP contribution in [0.15, 0.2) is 71.4 Å². The lowest BCUT2D eigenvalue weighted by Crippen LogP contribution is -2.10. The second-order valence-electron chi connectivity index (χ2n) is 6.94. The van der Waals surface area contributed by atoms with E-state index in [4.69, 9.17) is 20.8 Å². The lowest BCUT2D eigenvalue weighted by molar-refractivity contribution is 0.0992. The van der Waals surface area contributed by atoms with Crippen molar-refractivity contribution in [1.82, 2.24) is 9.78 Å². The van der Waals surface area contributed by atoms with Crippen molar-refractivity contribution in [1.29, 1.82) is 0 Å². The van der Waals surface area contributed by atoms with Gasteiger partial charge in [-0.25, -0.2) is 4.39 Å². The van der Waals surface area contributed by atoms with Gasteiger partial charge >= 0.3 is 0 Å². The van der Waals surface area contributed by atoms with Gasteiger partial charge < -0.3 is 14.5 Å². The molecule has 158 valence electrons. The zero-order valence-corrected chi connectivity index (χ0v) is 17.4. The molecule has 0 aliphatic heterocycles. The van der Waals surface area contributed by atoms with Crippen molar-refractivity contribution in [3.8, 4) is 5.75 Å². The Balaban J connectivity index is 1.35. The van der Waals surface area contributed by atoms with E-state index in [0.717, 1.165) is 11.6 Å². The number of hydrogen-bond acceptors (Lipinski definition) is 4. The first-order valence-corrected chi connectivity index (χ1v) is 9.90. The minimum absolute atomic E-state index is 0.0486. The molecule has 0 bridgehead atoms. The quantitative estimate of drug-likeness (QED) is 0.415. The lowest BCUT2D eigenvalue weighted by atomic mass is 10.1. The fourth-order valence-electron chi connectivity index (χ4n) is 2.99. The number of aryl methyl sites for hydroxylation is 1. The molecule has 0 radical (unpaired) electrons. The number of ether oxygens (including phenoxy) is 1. The van der Waals surface area contributed by atoms with Gasteiger partial charge in [0.15, 0.2) is 5.76 Å². The number of nitrogens with one attached hydrogen (secondary N) is 1. The number of aromatic nitrogens is 2. The van der Waals surface area contributed by atoms with Crippen molar-refractivity contribution in [2.75, 3.05) is 5.32 Å². The van der Waals surface area contributed by atoms with Crippen molar-refractivity contribution < 1.29 is 18.3 Å². The lowest BCUT2D eigenvalue weighted by Gasteiger charge is -2.06. The van der Waals surface area contributed by atoms with Gasteiger partial charge in [0.2, 0.25) is 0 Å². The summed E-state index contributed by atoms with van der Waals surface area (Å²) in [7, 11) is 0. The molecule has 1 N–H and O–H groups in total. The van der Waals surface area contributed by atoms with Gasteiger partial charge in [0.1, 0.15) is 23.9 Å². The average Bonchev–Trinajstić information content (AvgIpc) is 3.39. The second-order valence-corrected chi connectivity index (χ2v) is 7.34. The minimum Gasteiger partial charge on any atom is -0.484 e. The molecule has 2 heterocycles. The Labute approximate surface area is 183 Å². The number of anilines is 1. The third-order valence-electron chi connectivity index (χ3n) is 4.63.